The molecule has 1 amide bonds. The highest BCUT2D eigenvalue weighted by molar-refractivity contribution is 7.86. The Morgan fingerprint density at radius 3 is 2.50 bits per heavy atom. The molecule has 1 saturated heterocycles. The van der Waals surface area contributed by atoms with Gasteiger partial charge in [-0.3, -0.25) is 4.79 Å². The zero-order valence-electron chi connectivity index (χ0n) is 9.88. The maximum atomic E-state index is 12.1. The largest absolute Gasteiger partial charge is 0.368 e. The molecule has 1 aliphatic rings. The fourth-order valence-corrected chi connectivity index (χ4v) is 3.49. The van der Waals surface area contributed by atoms with Crippen molar-refractivity contribution >= 4 is 16.1 Å². The maximum absolute atomic E-state index is 12.1. The molecule has 1 unspecified atom stereocenters. The first kappa shape index (κ1) is 13.4. The molecule has 1 heterocycles. The predicted octanol–water partition coefficient (Wildman–Crippen LogP) is -0.479. The van der Waals surface area contributed by atoms with Gasteiger partial charge in [-0.15, -0.1) is 0 Å². The third kappa shape index (κ3) is 2.36. The zero-order valence-corrected chi connectivity index (χ0v) is 10.7. The smallest absolute Gasteiger partial charge is 0.282 e. The molecule has 94 valence electrons. The zero-order chi connectivity index (χ0) is 12.5. The molecule has 0 aromatic heterocycles. The molecule has 1 rings (SSSR count). The number of hydrogen-bond acceptors (Lipinski definition) is 3. The summed E-state index contributed by atoms with van der Waals surface area (Å²) < 4.78 is 26.7. The summed E-state index contributed by atoms with van der Waals surface area (Å²) in [6.45, 7) is 3.94. The van der Waals surface area contributed by atoms with Gasteiger partial charge in [0.25, 0.3) is 10.2 Å². The van der Waals surface area contributed by atoms with Crippen molar-refractivity contribution < 1.29 is 13.2 Å². The molecular formula is C9H19N3O3S. The number of carbonyl (C=O) groups excluding carboxylic acids is 1. The second kappa shape index (κ2) is 4.68. The Morgan fingerprint density at radius 1 is 1.50 bits per heavy atom. The summed E-state index contributed by atoms with van der Waals surface area (Å²) in [5.74, 6) is -0.571. The van der Waals surface area contributed by atoms with Crippen LogP contribution < -0.4 is 5.73 Å². The van der Waals surface area contributed by atoms with E-state index in [4.69, 9.17) is 5.73 Å². The summed E-state index contributed by atoms with van der Waals surface area (Å²) in [5.41, 5.74) is 5.20. The lowest BCUT2D eigenvalue weighted by atomic mass is 10.2. The Balaban J connectivity index is 2.95. The van der Waals surface area contributed by atoms with Crippen LogP contribution in [0.25, 0.3) is 0 Å². The Bertz CT molecular complexity index is 366. The Labute approximate surface area is 96.6 Å². The van der Waals surface area contributed by atoms with Crippen molar-refractivity contribution in [1.29, 1.82) is 0 Å². The van der Waals surface area contributed by atoms with Crippen LogP contribution in [0.5, 0.6) is 0 Å². The lowest BCUT2D eigenvalue weighted by Gasteiger charge is -2.29. The second-order valence-electron chi connectivity index (χ2n) is 4.29. The molecule has 1 atom stereocenters. The fourth-order valence-electron chi connectivity index (χ4n) is 1.73. The van der Waals surface area contributed by atoms with E-state index in [1.54, 1.807) is 13.8 Å². The van der Waals surface area contributed by atoms with E-state index in [2.05, 4.69) is 0 Å². The van der Waals surface area contributed by atoms with Gasteiger partial charge in [0.15, 0.2) is 0 Å². The minimum Gasteiger partial charge on any atom is -0.368 e. The van der Waals surface area contributed by atoms with Gasteiger partial charge < -0.3 is 5.73 Å². The van der Waals surface area contributed by atoms with E-state index < -0.39 is 22.2 Å². The average Bonchev–Trinajstić information content (AvgIpc) is 2.65. The van der Waals surface area contributed by atoms with Gasteiger partial charge in [0.2, 0.25) is 5.91 Å². The van der Waals surface area contributed by atoms with Gasteiger partial charge in [-0.2, -0.15) is 17.0 Å². The van der Waals surface area contributed by atoms with Crippen LogP contribution in [0.3, 0.4) is 0 Å². The topological polar surface area (TPSA) is 83.7 Å². The molecule has 0 aromatic carbocycles. The third-order valence-corrected chi connectivity index (χ3v) is 5.10. The molecule has 6 nitrogen and oxygen atoms in total. The third-order valence-electron chi connectivity index (χ3n) is 2.92. The lowest BCUT2D eigenvalue weighted by molar-refractivity contribution is -0.121. The van der Waals surface area contributed by atoms with Crippen molar-refractivity contribution in [3.63, 3.8) is 0 Å². The van der Waals surface area contributed by atoms with Crippen molar-refractivity contribution in [2.24, 2.45) is 5.73 Å². The Hall–Kier alpha value is -0.660. The summed E-state index contributed by atoms with van der Waals surface area (Å²) in [6, 6.07) is -0.828. The van der Waals surface area contributed by atoms with E-state index in [9.17, 15) is 13.2 Å². The van der Waals surface area contributed by atoms with Crippen molar-refractivity contribution in [1.82, 2.24) is 8.61 Å². The molecule has 7 heteroatoms. The normalized spacial score (nSPS) is 23.2. The van der Waals surface area contributed by atoms with Crippen LogP contribution in [-0.4, -0.2) is 48.6 Å². The van der Waals surface area contributed by atoms with Crippen LogP contribution in [0.2, 0.25) is 0 Å². The monoisotopic (exact) mass is 249 g/mol. The molecule has 1 fully saturated rings. The van der Waals surface area contributed by atoms with Crippen LogP contribution in [0.15, 0.2) is 0 Å². The lowest BCUT2D eigenvalue weighted by Crippen LogP contribution is -2.50. The summed E-state index contributed by atoms with van der Waals surface area (Å²) >= 11 is 0. The summed E-state index contributed by atoms with van der Waals surface area (Å²) in [7, 11) is -2.06. The van der Waals surface area contributed by atoms with Gasteiger partial charge in [-0.1, -0.05) is 0 Å². The quantitative estimate of drug-likeness (QED) is 0.730. The molecular weight excluding hydrogens is 230 g/mol. The maximum Gasteiger partial charge on any atom is 0.282 e. The molecule has 1 aliphatic heterocycles. The van der Waals surface area contributed by atoms with Crippen LogP contribution >= 0.6 is 0 Å². The van der Waals surface area contributed by atoms with E-state index in [1.807, 2.05) is 0 Å². The number of rotatable bonds is 4. The van der Waals surface area contributed by atoms with E-state index in [0.29, 0.717) is 19.4 Å². The Morgan fingerprint density at radius 2 is 2.06 bits per heavy atom. The number of nitrogens with two attached hydrogens (primary N) is 1. The predicted molar refractivity (Wildman–Crippen MR) is 60.7 cm³/mol. The van der Waals surface area contributed by atoms with Gasteiger partial charge in [0.05, 0.1) is 0 Å². The van der Waals surface area contributed by atoms with E-state index in [-0.39, 0.29) is 6.04 Å². The van der Waals surface area contributed by atoms with Crippen molar-refractivity contribution in [2.75, 3.05) is 13.6 Å². The minimum absolute atomic E-state index is 0.140. The molecule has 0 radical (unpaired) electrons. The summed E-state index contributed by atoms with van der Waals surface area (Å²) in [4.78, 5) is 11.1. The number of hydrogen-bond donors (Lipinski definition) is 1. The average molecular weight is 249 g/mol. The van der Waals surface area contributed by atoms with Crippen LogP contribution in [0.1, 0.15) is 26.7 Å². The summed E-state index contributed by atoms with van der Waals surface area (Å²) in [6.07, 6.45) is 1.19. The fraction of sp³-hybridized carbons (Fsp3) is 0.889. The first-order valence-electron chi connectivity index (χ1n) is 5.32. The number of carbonyl (C=O) groups is 1. The SMILES string of the molecule is CC(C)N(C)S(=O)(=O)N1CCCC1C(N)=O. The van der Waals surface area contributed by atoms with Crippen molar-refractivity contribution in [2.45, 2.75) is 38.8 Å². The number of amides is 1. The summed E-state index contributed by atoms with van der Waals surface area (Å²) in [5, 5.41) is 0. The minimum atomic E-state index is -3.57. The van der Waals surface area contributed by atoms with Gasteiger partial charge in [0.1, 0.15) is 6.04 Å². The van der Waals surface area contributed by atoms with Gasteiger partial charge >= 0.3 is 0 Å². The van der Waals surface area contributed by atoms with E-state index >= 15 is 0 Å². The second-order valence-corrected chi connectivity index (χ2v) is 6.23. The van der Waals surface area contributed by atoms with E-state index in [1.165, 1.54) is 15.7 Å². The molecule has 0 spiro atoms. The molecule has 2 N–H and O–H groups in total. The first-order valence-corrected chi connectivity index (χ1v) is 6.72. The van der Waals surface area contributed by atoms with E-state index in [0.717, 1.165) is 0 Å². The van der Waals surface area contributed by atoms with Crippen LogP contribution in [0.4, 0.5) is 0 Å². The highest BCUT2D eigenvalue weighted by Crippen LogP contribution is 2.23. The van der Waals surface area contributed by atoms with Crippen LogP contribution in [0, 0.1) is 0 Å². The van der Waals surface area contributed by atoms with Gasteiger partial charge in [-0.25, -0.2) is 0 Å². The first-order chi connectivity index (χ1) is 7.28. The molecule has 0 saturated carbocycles. The standard InChI is InChI=1S/C9H19N3O3S/c1-7(2)11(3)16(14,15)12-6-4-5-8(12)9(10)13/h7-8H,4-6H2,1-3H3,(H2,10,13). The van der Waals surface area contributed by atoms with Crippen molar-refractivity contribution in [3.8, 4) is 0 Å². The Kier molecular flexibility index (Phi) is 3.92. The van der Waals surface area contributed by atoms with Gasteiger partial charge in [0, 0.05) is 19.6 Å². The van der Waals surface area contributed by atoms with Crippen LogP contribution in [-0.2, 0) is 15.0 Å². The highest BCUT2D eigenvalue weighted by Gasteiger charge is 2.40. The highest BCUT2D eigenvalue weighted by atomic mass is 32.2. The van der Waals surface area contributed by atoms with Gasteiger partial charge in [-0.05, 0) is 26.7 Å². The molecule has 0 bridgehead atoms. The van der Waals surface area contributed by atoms with Crippen molar-refractivity contribution in [3.05, 3.63) is 0 Å². The molecule has 16 heavy (non-hydrogen) atoms. The molecule has 0 aliphatic carbocycles. The number of nitrogens with zero attached hydrogens (tertiary/aromatic N) is 2. The molecule has 0 aromatic rings. The number of primary amides is 1.